The first-order valence-electron chi connectivity index (χ1n) is 9.03. The molecule has 3 rings (SSSR count). The Labute approximate surface area is 160 Å². The molecule has 2 aromatic carbocycles. The molecule has 0 bridgehead atoms. The molecule has 0 aliphatic carbocycles. The van der Waals surface area contributed by atoms with Crippen molar-refractivity contribution in [3.8, 4) is 0 Å². The molecule has 27 heavy (non-hydrogen) atoms. The van der Waals surface area contributed by atoms with Crippen LogP contribution in [0.4, 0.5) is 5.69 Å². The maximum atomic E-state index is 13.1. The number of benzene rings is 2. The summed E-state index contributed by atoms with van der Waals surface area (Å²) in [6, 6.07) is 13.8. The van der Waals surface area contributed by atoms with Gasteiger partial charge in [-0.1, -0.05) is 24.3 Å². The van der Waals surface area contributed by atoms with E-state index < -0.39 is 10.0 Å². The van der Waals surface area contributed by atoms with E-state index in [1.54, 1.807) is 18.2 Å². The van der Waals surface area contributed by atoms with Gasteiger partial charge in [-0.15, -0.1) is 0 Å². The van der Waals surface area contributed by atoms with Crippen molar-refractivity contribution in [3.63, 3.8) is 0 Å². The quantitative estimate of drug-likeness (QED) is 0.739. The van der Waals surface area contributed by atoms with Gasteiger partial charge in [0.05, 0.1) is 10.6 Å². The van der Waals surface area contributed by atoms with Gasteiger partial charge in [0, 0.05) is 18.7 Å². The van der Waals surface area contributed by atoms with Crippen LogP contribution in [0, 0.1) is 0 Å². The summed E-state index contributed by atoms with van der Waals surface area (Å²) in [5, 5.41) is 2.84. The van der Waals surface area contributed by atoms with Crippen LogP contribution in [-0.4, -0.2) is 53.0 Å². The van der Waals surface area contributed by atoms with E-state index in [0.717, 1.165) is 24.2 Å². The zero-order chi connectivity index (χ0) is 19.4. The standard InChI is InChI=1S/C20H25N3O3S/c1-22(2)13-6-12-21-20(24)17-8-5-9-18(15-17)27(25,26)23-14-11-16-7-3-4-10-19(16)23/h3-5,7-10,15H,6,11-14H2,1-2H3,(H,21,24). The van der Waals surface area contributed by atoms with Crippen LogP contribution in [0.5, 0.6) is 0 Å². The molecule has 1 heterocycles. The Balaban J connectivity index is 1.76. The molecule has 1 aliphatic heterocycles. The molecule has 0 saturated carbocycles. The molecular formula is C20H25N3O3S. The fourth-order valence-corrected chi connectivity index (χ4v) is 4.73. The van der Waals surface area contributed by atoms with Gasteiger partial charge in [0.1, 0.15) is 0 Å². The van der Waals surface area contributed by atoms with Crippen molar-refractivity contribution >= 4 is 21.6 Å². The summed E-state index contributed by atoms with van der Waals surface area (Å²) in [5.41, 5.74) is 2.10. The van der Waals surface area contributed by atoms with Gasteiger partial charge in [-0.05, 0) is 63.3 Å². The summed E-state index contributed by atoms with van der Waals surface area (Å²) in [6.45, 7) is 1.85. The number of hydrogen-bond acceptors (Lipinski definition) is 4. The maximum Gasteiger partial charge on any atom is 0.264 e. The highest BCUT2D eigenvalue weighted by Gasteiger charge is 2.30. The highest BCUT2D eigenvalue weighted by atomic mass is 32.2. The Morgan fingerprint density at radius 1 is 1.15 bits per heavy atom. The van der Waals surface area contributed by atoms with Crippen LogP contribution in [-0.2, 0) is 16.4 Å². The van der Waals surface area contributed by atoms with Gasteiger partial charge in [0.15, 0.2) is 0 Å². The molecule has 0 atom stereocenters. The molecule has 2 aromatic rings. The van der Waals surface area contributed by atoms with Crippen molar-refractivity contribution in [2.75, 3.05) is 38.0 Å². The van der Waals surface area contributed by atoms with E-state index >= 15 is 0 Å². The van der Waals surface area contributed by atoms with Crippen LogP contribution in [0.15, 0.2) is 53.4 Å². The van der Waals surface area contributed by atoms with Gasteiger partial charge in [0.25, 0.3) is 15.9 Å². The number of fused-ring (bicyclic) bond motifs is 1. The minimum Gasteiger partial charge on any atom is -0.352 e. The Bertz CT molecular complexity index is 926. The predicted molar refractivity (Wildman–Crippen MR) is 107 cm³/mol. The van der Waals surface area contributed by atoms with Gasteiger partial charge in [-0.3, -0.25) is 9.10 Å². The molecule has 0 unspecified atom stereocenters. The highest BCUT2D eigenvalue weighted by molar-refractivity contribution is 7.92. The minimum atomic E-state index is -3.70. The van der Waals surface area contributed by atoms with Crippen molar-refractivity contribution in [1.82, 2.24) is 10.2 Å². The Hall–Kier alpha value is -2.38. The van der Waals surface area contributed by atoms with E-state index in [1.165, 1.54) is 10.4 Å². The van der Waals surface area contributed by atoms with Gasteiger partial charge < -0.3 is 10.2 Å². The van der Waals surface area contributed by atoms with E-state index in [0.29, 0.717) is 25.1 Å². The first kappa shape index (κ1) is 19.4. The zero-order valence-electron chi connectivity index (χ0n) is 15.7. The predicted octanol–water partition coefficient (Wildman–Crippen LogP) is 2.12. The molecular weight excluding hydrogens is 362 g/mol. The summed E-state index contributed by atoms with van der Waals surface area (Å²) in [7, 11) is 0.260. The van der Waals surface area contributed by atoms with Crippen molar-refractivity contribution < 1.29 is 13.2 Å². The smallest absolute Gasteiger partial charge is 0.264 e. The average Bonchev–Trinajstić information content (AvgIpc) is 3.10. The molecule has 0 spiro atoms. The number of nitrogens with one attached hydrogen (secondary N) is 1. The van der Waals surface area contributed by atoms with Crippen LogP contribution in [0.2, 0.25) is 0 Å². The SMILES string of the molecule is CN(C)CCCNC(=O)c1cccc(S(=O)(=O)N2CCc3ccccc32)c1. The first-order valence-corrected chi connectivity index (χ1v) is 10.5. The fraction of sp³-hybridized carbons (Fsp3) is 0.350. The molecule has 7 heteroatoms. The number of carbonyl (C=O) groups excluding carboxylic acids is 1. The number of carbonyl (C=O) groups is 1. The number of hydrogen-bond donors (Lipinski definition) is 1. The minimum absolute atomic E-state index is 0.139. The van der Waals surface area contributed by atoms with Crippen LogP contribution in [0.25, 0.3) is 0 Å². The third kappa shape index (κ3) is 4.31. The molecule has 0 aromatic heterocycles. The Morgan fingerprint density at radius 3 is 2.70 bits per heavy atom. The topological polar surface area (TPSA) is 69.7 Å². The maximum absolute atomic E-state index is 13.1. The summed E-state index contributed by atoms with van der Waals surface area (Å²) >= 11 is 0. The third-order valence-corrected chi connectivity index (χ3v) is 6.41. The van der Waals surface area contributed by atoms with Crippen molar-refractivity contribution in [1.29, 1.82) is 0 Å². The molecule has 0 radical (unpaired) electrons. The van der Waals surface area contributed by atoms with Gasteiger partial charge in [0.2, 0.25) is 0 Å². The van der Waals surface area contributed by atoms with E-state index in [2.05, 4.69) is 5.32 Å². The third-order valence-electron chi connectivity index (χ3n) is 4.60. The van der Waals surface area contributed by atoms with E-state index in [4.69, 9.17) is 0 Å². The Morgan fingerprint density at radius 2 is 1.93 bits per heavy atom. The number of anilines is 1. The molecule has 0 saturated heterocycles. The van der Waals surface area contributed by atoms with Crippen LogP contribution in [0.1, 0.15) is 22.3 Å². The van der Waals surface area contributed by atoms with Crippen molar-refractivity contribution in [2.24, 2.45) is 0 Å². The zero-order valence-corrected chi connectivity index (χ0v) is 16.5. The fourth-order valence-electron chi connectivity index (χ4n) is 3.18. The largest absolute Gasteiger partial charge is 0.352 e. The summed E-state index contributed by atoms with van der Waals surface area (Å²) in [4.78, 5) is 14.5. The van der Waals surface area contributed by atoms with E-state index in [-0.39, 0.29) is 10.8 Å². The lowest BCUT2D eigenvalue weighted by Gasteiger charge is -2.20. The molecule has 1 amide bonds. The van der Waals surface area contributed by atoms with Crippen molar-refractivity contribution in [3.05, 3.63) is 59.7 Å². The lowest BCUT2D eigenvalue weighted by Crippen LogP contribution is -2.30. The van der Waals surface area contributed by atoms with Gasteiger partial charge >= 0.3 is 0 Å². The number of rotatable bonds is 7. The monoisotopic (exact) mass is 387 g/mol. The summed E-state index contributed by atoms with van der Waals surface area (Å²) < 4.78 is 27.6. The first-order chi connectivity index (χ1) is 12.9. The number of amides is 1. The molecule has 1 N–H and O–H groups in total. The summed E-state index contributed by atoms with van der Waals surface area (Å²) in [5.74, 6) is -0.257. The van der Waals surface area contributed by atoms with Gasteiger partial charge in [-0.25, -0.2) is 8.42 Å². The molecule has 0 fully saturated rings. The van der Waals surface area contributed by atoms with E-state index in [9.17, 15) is 13.2 Å². The highest BCUT2D eigenvalue weighted by Crippen LogP contribution is 2.32. The lowest BCUT2D eigenvalue weighted by atomic mass is 10.2. The van der Waals surface area contributed by atoms with Crippen LogP contribution >= 0.6 is 0 Å². The Kier molecular flexibility index (Phi) is 5.82. The van der Waals surface area contributed by atoms with Crippen molar-refractivity contribution in [2.45, 2.75) is 17.7 Å². The van der Waals surface area contributed by atoms with Crippen LogP contribution < -0.4 is 9.62 Å². The lowest BCUT2D eigenvalue weighted by molar-refractivity contribution is 0.0952. The molecule has 1 aliphatic rings. The second-order valence-corrected chi connectivity index (χ2v) is 8.76. The van der Waals surface area contributed by atoms with E-state index in [1.807, 2.05) is 43.3 Å². The number of nitrogens with zero attached hydrogens (tertiary/aromatic N) is 2. The second-order valence-electron chi connectivity index (χ2n) is 6.90. The van der Waals surface area contributed by atoms with Crippen LogP contribution in [0.3, 0.4) is 0 Å². The van der Waals surface area contributed by atoms with Gasteiger partial charge in [-0.2, -0.15) is 0 Å². The average molecular weight is 388 g/mol. The number of para-hydroxylation sites is 1. The normalized spacial score (nSPS) is 13.7. The molecule has 6 nitrogen and oxygen atoms in total. The second kappa shape index (κ2) is 8.10. The number of sulfonamides is 1. The molecule has 144 valence electrons. The summed E-state index contributed by atoms with van der Waals surface area (Å²) in [6.07, 6.45) is 1.53.